The Morgan fingerprint density at radius 3 is 2.16 bits per heavy atom. The summed E-state index contributed by atoms with van der Waals surface area (Å²) in [5.41, 5.74) is 3.93. The Bertz CT molecular complexity index is 1220. The highest BCUT2D eigenvalue weighted by Gasteiger charge is 2.20. The molecule has 3 rings (SSSR count). The van der Waals surface area contributed by atoms with Crippen LogP contribution in [0.5, 0.6) is 0 Å². The van der Waals surface area contributed by atoms with Gasteiger partial charge in [-0.25, -0.2) is 0 Å². The van der Waals surface area contributed by atoms with Gasteiger partial charge in [-0.2, -0.15) is 0 Å². The van der Waals surface area contributed by atoms with Crippen molar-refractivity contribution < 1.29 is 19.4 Å². The van der Waals surface area contributed by atoms with Crippen molar-refractivity contribution in [2.24, 2.45) is 0 Å². The predicted molar refractivity (Wildman–Crippen MR) is 119 cm³/mol. The van der Waals surface area contributed by atoms with Crippen LogP contribution in [0.2, 0.25) is 0 Å². The van der Waals surface area contributed by atoms with E-state index in [-0.39, 0.29) is 17.1 Å². The van der Waals surface area contributed by atoms with Gasteiger partial charge in [0.15, 0.2) is 5.11 Å². The van der Waals surface area contributed by atoms with Gasteiger partial charge in [0.1, 0.15) is 0 Å². The second-order valence-electron chi connectivity index (χ2n) is 6.52. The number of benzene rings is 3. The summed E-state index contributed by atoms with van der Waals surface area (Å²) < 4.78 is 0. The minimum absolute atomic E-state index is 0.0436. The highest BCUT2D eigenvalue weighted by atomic mass is 32.1. The maximum atomic E-state index is 12.3. The van der Waals surface area contributed by atoms with Gasteiger partial charge in [0.2, 0.25) is 5.91 Å². The topological polar surface area (TPSA) is 157 Å². The molecule has 0 radical (unpaired) electrons. The van der Waals surface area contributed by atoms with E-state index in [2.05, 4.69) is 16.2 Å². The van der Waals surface area contributed by atoms with Crippen molar-refractivity contribution in [1.82, 2.24) is 16.2 Å². The lowest BCUT2D eigenvalue weighted by molar-refractivity contribution is -0.394. The molecule has 2 amide bonds. The number of carbonyl (C=O) groups is 2. The molecule has 0 saturated heterocycles. The zero-order valence-corrected chi connectivity index (χ0v) is 17.0. The number of amides is 2. The minimum Gasteiger partial charge on any atom is -0.298 e. The highest BCUT2D eigenvalue weighted by molar-refractivity contribution is 7.80. The predicted octanol–water partition coefficient (Wildman–Crippen LogP) is 2.53. The number of non-ortho nitro benzene ring substituents is 2. The van der Waals surface area contributed by atoms with Crippen LogP contribution in [-0.4, -0.2) is 26.8 Å². The summed E-state index contributed by atoms with van der Waals surface area (Å²) in [6.45, 7) is 0. The summed E-state index contributed by atoms with van der Waals surface area (Å²) in [5, 5.41) is 25.7. The van der Waals surface area contributed by atoms with E-state index in [9.17, 15) is 29.8 Å². The van der Waals surface area contributed by atoms with Crippen molar-refractivity contribution in [2.75, 3.05) is 0 Å². The number of hydrogen-bond acceptors (Lipinski definition) is 7. The van der Waals surface area contributed by atoms with E-state index in [1.165, 1.54) is 0 Å². The first-order valence-electron chi connectivity index (χ1n) is 9.05. The summed E-state index contributed by atoms with van der Waals surface area (Å²) in [6.07, 6.45) is 0.0436. The summed E-state index contributed by atoms with van der Waals surface area (Å²) >= 11 is 4.93. The lowest BCUT2D eigenvalue weighted by Crippen LogP contribution is -2.48. The lowest BCUT2D eigenvalue weighted by atomic mass is 10.0. The van der Waals surface area contributed by atoms with Crippen LogP contribution in [0.25, 0.3) is 10.8 Å². The van der Waals surface area contributed by atoms with E-state index in [0.717, 1.165) is 34.5 Å². The molecule has 162 valence electrons. The molecule has 3 N–H and O–H groups in total. The Labute approximate surface area is 185 Å². The summed E-state index contributed by atoms with van der Waals surface area (Å²) in [7, 11) is 0. The molecular formula is C20H15N5O6S. The molecule has 11 nitrogen and oxygen atoms in total. The standard InChI is InChI=1S/C20H15N5O6S/c26-18(10-13-6-3-5-12-4-1-2-7-17(12)13)22-23-20(32)21-19(27)14-8-15(24(28)29)11-16(9-14)25(30)31/h1-9,11H,10H2,(H,22,26)(H2,21,23,27,32). The normalized spacial score (nSPS) is 10.2. The Kier molecular flexibility index (Phi) is 6.65. The molecule has 0 bridgehead atoms. The fourth-order valence-electron chi connectivity index (χ4n) is 2.93. The first-order chi connectivity index (χ1) is 15.2. The second kappa shape index (κ2) is 9.57. The van der Waals surface area contributed by atoms with Gasteiger partial charge >= 0.3 is 0 Å². The SMILES string of the molecule is O=C(Cc1cccc2ccccc12)NNC(=S)NC(=O)c1cc([N+](=O)[O-])cc([N+](=O)[O-])c1. The van der Waals surface area contributed by atoms with E-state index in [1.54, 1.807) is 0 Å². The van der Waals surface area contributed by atoms with Crippen LogP contribution in [0, 0.1) is 20.2 Å². The number of hydrazine groups is 1. The Morgan fingerprint density at radius 1 is 0.875 bits per heavy atom. The number of hydrogen-bond donors (Lipinski definition) is 3. The smallest absolute Gasteiger partial charge is 0.277 e. The van der Waals surface area contributed by atoms with Crippen LogP contribution in [0.4, 0.5) is 11.4 Å². The molecule has 32 heavy (non-hydrogen) atoms. The molecule has 0 heterocycles. The monoisotopic (exact) mass is 453 g/mol. The van der Waals surface area contributed by atoms with E-state index in [1.807, 2.05) is 42.5 Å². The van der Waals surface area contributed by atoms with Gasteiger partial charge in [-0.15, -0.1) is 0 Å². The average Bonchev–Trinajstić information content (AvgIpc) is 2.77. The van der Waals surface area contributed by atoms with Crippen LogP contribution in [-0.2, 0) is 11.2 Å². The van der Waals surface area contributed by atoms with E-state index >= 15 is 0 Å². The van der Waals surface area contributed by atoms with Crippen molar-refractivity contribution in [1.29, 1.82) is 0 Å². The van der Waals surface area contributed by atoms with Crippen molar-refractivity contribution in [2.45, 2.75) is 6.42 Å². The van der Waals surface area contributed by atoms with Crippen LogP contribution >= 0.6 is 12.2 Å². The molecule has 0 aliphatic rings. The van der Waals surface area contributed by atoms with Crippen LogP contribution in [0.3, 0.4) is 0 Å². The van der Waals surface area contributed by atoms with E-state index < -0.39 is 33.0 Å². The molecule has 0 fully saturated rings. The van der Waals surface area contributed by atoms with Crippen LogP contribution in [0.15, 0.2) is 60.7 Å². The molecule has 0 saturated carbocycles. The third-order valence-corrected chi connectivity index (χ3v) is 4.56. The van der Waals surface area contributed by atoms with E-state index in [4.69, 9.17) is 12.2 Å². The van der Waals surface area contributed by atoms with Gasteiger partial charge in [0.25, 0.3) is 17.3 Å². The molecule has 0 spiro atoms. The van der Waals surface area contributed by atoms with Gasteiger partial charge in [0.05, 0.1) is 27.9 Å². The molecule has 0 atom stereocenters. The third-order valence-electron chi connectivity index (χ3n) is 4.36. The van der Waals surface area contributed by atoms with Gasteiger partial charge in [-0.05, 0) is 28.6 Å². The van der Waals surface area contributed by atoms with Crippen LogP contribution in [0.1, 0.15) is 15.9 Å². The first-order valence-corrected chi connectivity index (χ1v) is 9.46. The van der Waals surface area contributed by atoms with Gasteiger partial charge in [-0.3, -0.25) is 46.0 Å². The number of rotatable bonds is 5. The van der Waals surface area contributed by atoms with Crippen LogP contribution < -0.4 is 16.2 Å². The van der Waals surface area contributed by atoms with Crippen molar-refractivity contribution >= 4 is 51.3 Å². The maximum absolute atomic E-state index is 12.3. The average molecular weight is 453 g/mol. The number of nitro benzene ring substituents is 2. The molecule has 0 aromatic heterocycles. The molecule has 3 aromatic carbocycles. The van der Waals surface area contributed by atoms with Crippen molar-refractivity contribution in [3.63, 3.8) is 0 Å². The zero-order valence-electron chi connectivity index (χ0n) is 16.2. The number of fused-ring (bicyclic) bond motifs is 1. The van der Waals surface area contributed by atoms with Crippen molar-refractivity contribution in [3.8, 4) is 0 Å². The minimum atomic E-state index is -0.919. The fourth-order valence-corrected chi connectivity index (χ4v) is 3.08. The Hall–Kier alpha value is -4.45. The molecule has 0 aliphatic carbocycles. The third kappa shape index (κ3) is 5.37. The van der Waals surface area contributed by atoms with Gasteiger partial charge in [-0.1, -0.05) is 42.5 Å². The largest absolute Gasteiger partial charge is 0.298 e. The first kappa shape index (κ1) is 22.2. The number of nitro groups is 2. The molecule has 0 unspecified atom stereocenters. The Balaban J connectivity index is 1.61. The number of nitrogens with zero attached hydrogens (tertiary/aromatic N) is 2. The van der Waals surface area contributed by atoms with Gasteiger partial charge in [0, 0.05) is 12.1 Å². The van der Waals surface area contributed by atoms with Crippen molar-refractivity contribution in [3.05, 3.63) is 92.0 Å². The number of nitrogens with one attached hydrogen (secondary N) is 3. The summed E-state index contributed by atoms with van der Waals surface area (Å²) in [4.78, 5) is 44.7. The highest BCUT2D eigenvalue weighted by Crippen LogP contribution is 2.22. The lowest BCUT2D eigenvalue weighted by Gasteiger charge is -2.11. The Morgan fingerprint density at radius 2 is 1.50 bits per heavy atom. The molecular weight excluding hydrogens is 438 g/mol. The summed E-state index contributed by atoms with van der Waals surface area (Å²) in [6, 6.07) is 15.7. The zero-order chi connectivity index (χ0) is 23.3. The van der Waals surface area contributed by atoms with Gasteiger partial charge < -0.3 is 0 Å². The molecule has 0 aliphatic heterocycles. The maximum Gasteiger partial charge on any atom is 0.277 e. The number of carbonyl (C=O) groups excluding carboxylic acids is 2. The summed E-state index contributed by atoms with van der Waals surface area (Å²) in [5.74, 6) is -1.35. The quantitative estimate of drug-likeness (QED) is 0.302. The molecule has 12 heteroatoms. The fraction of sp³-hybridized carbons (Fsp3) is 0.0500. The number of thiocarbonyl (C=S) groups is 1. The van der Waals surface area contributed by atoms with E-state index in [0.29, 0.717) is 0 Å². The second-order valence-corrected chi connectivity index (χ2v) is 6.93. The molecule has 3 aromatic rings.